The Kier molecular flexibility index (Phi) is 12.2. The van der Waals surface area contributed by atoms with E-state index in [2.05, 4.69) is 15.6 Å². The number of aliphatic hydroxyl groups excluding tert-OH is 1. The molecule has 0 aromatic carbocycles. The Morgan fingerprint density at radius 3 is 2.26 bits per heavy atom. The lowest BCUT2D eigenvalue weighted by atomic mass is 10.1. The number of carbonyl (C=O) groups is 3. The number of hydrogen-bond acceptors (Lipinski definition) is 7. The molecule has 0 rings (SSSR count). The molecule has 156 valence electrons. The van der Waals surface area contributed by atoms with Gasteiger partial charge in [0, 0.05) is 6.54 Å². The fourth-order valence-electron chi connectivity index (χ4n) is 2.08. The first-order valence-electron chi connectivity index (χ1n) is 8.41. The minimum atomic E-state index is -1.47. The van der Waals surface area contributed by atoms with Crippen LogP contribution in [0.25, 0.3) is 0 Å². The third-order valence-corrected chi connectivity index (χ3v) is 4.24. The van der Waals surface area contributed by atoms with E-state index >= 15 is 0 Å². The van der Waals surface area contributed by atoms with Crippen molar-refractivity contribution in [2.45, 2.75) is 50.4 Å². The molecule has 12 heteroatoms. The minimum Gasteiger partial charge on any atom is -0.480 e. The SMILES string of the molecule is CSCCC(NC(=O)C(N)CCCN=C(N)N)C(=O)NC(C(=O)O)C(C)O. The van der Waals surface area contributed by atoms with Gasteiger partial charge in [0.15, 0.2) is 12.0 Å². The van der Waals surface area contributed by atoms with E-state index < -0.39 is 42.0 Å². The Balaban J connectivity index is 4.82. The number of aliphatic hydroxyl groups is 1. The van der Waals surface area contributed by atoms with Gasteiger partial charge in [-0.1, -0.05) is 0 Å². The van der Waals surface area contributed by atoms with Crippen LogP contribution in [0.4, 0.5) is 0 Å². The van der Waals surface area contributed by atoms with E-state index in [-0.39, 0.29) is 12.4 Å². The highest BCUT2D eigenvalue weighted by Crippen LogP contribution is 2.04. The highest BCUT2D eigenvalue weighted by Gasteiger charge is 2.30. The number of carbonyl (C=O) groups excluding carboxylic acids is 2. The second-order valence-electron chi connectivity index (χ2n) is 5.96. The van der Waals surface area contributed by atoms with E-state index in [1.54, 1.807) is 0 Å². The van der Waals surface area contributed by atoms with Gasteiger partial charge in [-0.3, -0.25) is 14.6 Å². The van der Waals surface area contributed by atoms with Crippen molar-refractivity contribution in [3.63, 3.8) is 0 Å². The molecule has 0 saturated heterocycles. The fraction of sp³-hybridized carbons (Fsp3) is 0.733. The van der Waals surface area contributed by atoms with Crippen molar-refractivity contribution >= 4 is 35.5 Å². The summed E-state index contributed by atoms with van der Waals surface area (Å²) >= 11 is 1.47. The Morgan fingerprint density at radius 2 is 1.78 bits per heavy atom. The molecule has 2 amide bonds. The van der Waals surface area contributed by atoms with Crippen LogP contribution in [0.5, 0.6) is 0 Å². The monoisotopic (exact) mass is 406 g/mol. The summed E-state index contributed by atoms with van der Waals surface area (Å²) in [7, 11) is 0. The zero-order chi connectivity index (χ0) is 21.0. The molecule has 0 heterocycles. The Bertz CT molecular complexity index is 527. The number of nitrogens with two attached hydrogens (primary N) is 3. The number of nitrogens with zero attached hydrogens (tertiary/aromatic N) is 1. The molecule has 0 aromatic heterocycles. The topological polar surface area (TPSA) is 206 Å². The maximum Gasteiger partial charge on any atom is 0.328 e. The van der Waals surface area contributed by atoms with E-state index in [1.165, 1.54) is 18.7 Å². The number of aliphatic carboxylic acids is 1. The second-order valence-corrected chi connectivity index (χ2v) is 6.95. The van der Waals surface area contributed by atoms with E-state index in [4.69, 9.17) is 22.3 Å². The van der Waals surface area contributed by atoms with Crippen molar-refractivity contribution in [3.8, 4) is 0 Å². The third-order valence-electron chi connectivity index (χ3n) is 3.59. The summed E-state index contributed by atoms with van der Waals surface area (Å²) < 4.78 is 0. The summed E-state index contributed by atoms with van der Waals surface area (Å²) in [5.74, 6) is -2.09. The van der Waals surface area contributed by atoms with Crippen LogP contribution >= 0.6 is 11.8 Å². The van der Waals surface area contributed by atoms with E-state index in [9.17, 15) is 19.5 Å². The Labute approximate surface area is 162 Å². The summed E-state index contributed by atoms with van der Waals surface area (Å²) in [6.45, 7) is 1.58. The third kappa shape index (κ3) is 10.6. The molecule has 0 bridgehead atoms. The predicted octanol–water partition coefficient (Wildman–Crippen LogP) is -2.44. The minimum absolute atomic E-state index is 0.0482. The first kappa shape index (κ1) is 24.9. The number of hydrogen-bond donors (Lipinski definition) is 7. The van der Waals surface area contributed by atoms with Gasteiger partial charge in [0.05, 0.1) is 12.1 Å². The van der Waals surface area contributed by atoms with Crippen LogP contribution < -0.4 is 27.8 Å². The van der Waals surface area contributed by atoms with Crippen molar-refractivity contribution < 1.29 is 24.6 Å². The molecule has 0 saturated carbocycles. The molecule has 27 heavy (non-hydrogen) atoms. The molecule has 0 spiro atoms. The Morgan fingerprint density at radius 1 is 1.15 bits per heavy atom. The molecule has 0 aliphatic heterocycles. The van der Waals surface area contributed by atoms with Crippen LogP contribution in [0, 0.1) is 0 Å². The quantitative estimate of drug-likeness (QED) is 0.0983. The predicted molar refractivity (Wildman–Crippen MR) is 104 cm³/mol. The summed E-state index contributed by atoms with van der Waals surface area (Å²) in [4.78, 5) is 39.5. The Hall–Kier alpha value is -2.05. The lowest BCUT2D eigenvalue weighted by Crippen LogP contribution is -2.56. The van der Waals surface area contributed by atoms with E-state index in [0.29, 0.717) is 25.1 Å². The number of rotatable bonds is 13. The average molecular weight is 407 g/mol. The number of guanidine groups is 1. The molecule has 0 aliphatic rings. The summed E-state index contributed by atoms with van der Waals surface area (Å²) in [5, 5.41) is 23.3. The van der Waals surface area contributed by atoms with Gasteiger partial charge in [0.25, 0.3) is 0 Å². The smallest absolute Gasteiger partial charge is 0.328 e. The van der Waals surface area contributed by atoms with Crippen molar-refractivity contribution in [1.29, 1.82) is 0 Å². The van der Waals surface area contributed by atoms with Crippen molar-refractivity contribution in [2.75, 3.05) is 18.6 Å². The number of nitrogens with one attached hydrogen (secondary N) is 2. The lowest BCUT2D eigenvalue weighted by molar-refractivity contribution is -0.145. The van der Waals surface area contributed by atoms with Gasteiger partial charge < -0.3 is 38.0 Å². The molecule has 0 aliphatic carbocycles. The summed E-state index contributed by atoms with van der Waals surface area (Å²) in [6, 6.07) is -3.30. The van der Waals surface area contributed by atoms with E-state index in [0.717, 1.165) is 0 Å². The van der Waals surface area contributed by atoms with Crippen LogP contribution in [0.15, 0.2) is 4.99 Å². The van der Waals surface area contributed by atoms with Gasteiger partial charge in [-0.25, -0.2) is 4.79 Å². The maximum atomic E-state index is 12.4. The van der Waals surface area contributed by atoms with Crippen LogP contribution in [0.1, 0.15) is 26.2 Å². The van der Waals surface area contributed by atoms with Gasteiger partial charge in [0.2, 0.25) is 11.8 Å². The zero-order valence-corrected chi connectivity index (χ0v) is 16.4. The van der Waals surface area contributed by atoms with Crippen molar-refractivity contribution in [2.24, 2.45) is 22.2 Å². The number of carboxylic acid groups (broad SMARTS) is 1. The number of carboxylic acids is 1. The normalized spacial score (nSPS) is 15.1. The number of thioether (sulfide) groups is 1. The first-order chi connectivity index (χ1) is 12.6. The second kappa shape index (κ2) is 13.2. The largest absolute Gasteiger partial charge is 0.480 e. The highest BCUT2D eigenvalue weighted by molar-refractivity contribution is 7.98. The zero-order valence-electron chi connectivity index (χ0n) is 15.6. The van der Waals surface area contributed by atoms with Crippen LogP contribution in [-0.4, -0.2) is 76.7 Å². The van der Waals surface area contributed by atoms with Gasteiger partial charge >= 0.3 is 5.97 Å². The lowest BCUT2D eigenvalue weighted by Gasteiger charge is -2.23. The maximum absolute atomic E-state index is 12.4. The fourth-order valence-corrected chi connectivity index (χ4v) is 2.55. The molecular weight excluding hydrogens is 376 g/mol. The standard InChI is InChI=1S/C15H30N6O5S/c1-8(22)11(14(25)26)21-13(24)10(5-7-27-2)20-12(23)9(16)4-3-6-19-15(17)18/h8-11,22H,3-7,16H2,1-2H3,(H,20,23)(H,21,24)(H,25,26)(H4,17,18,19). The highest BCUT2D eigenvalue weighted by atomic mass is 32.2. The first-order valence-corrected chi connectivity index (χ1v) is 9.81. The average Bonchev–Trinajstić information content (AvgIpc) is 2.58. The van der Waals surface area contributed by atoms with Gasteiger partial charge in [0.1, 0.15) is 6.04 Å². The van der Waals surface area contributed by atoms with E-state index in [1.807, 2.05) is 6.26 Å². The molecule has 10 N–H and O–H groups in total. The molecule has 0 fully saturated rings. The molecular formula is C15H30N6O5S. The van der Waals surface area contributed by atoms with Gasteiger partial charge in [-0.15, -0.1) is 0 Å². The number of amides is 2. The molecule has 4 unspecified atom stereocenters. The summed E-state index contributed by atoms with van der Waals surface area (Å²) in [6.07, 6.45) is 1.62. The number of aliphatic imine (C=N–C) groups is 1. The van der Waals surface area contributed by atoms with Crippen LogP contribution in [0.3, 0.4) is 0 Å². The summed E-state index contributed by atoms with van der Waals surface area (Å²) in [5.41, 5.74) is 16.2. The van der Waals surface area contributed by atoms with Crippen molar-refractivity contribution in [3.05, 3.63) is 0 Å². The molecule has 0 aromatic rings. The molecule has 11 nitrogen and oxygen atoms in total. The van der Waals surface area contributed by atoms with Crippen LogP contribution in [-0.2, 0) is 14.4 Å². The van der Waals surface area contributed by atoms with Gasteiger partial charge in [-0.05, 0) is 38.2 Å². The van der Waals surface area contributed by atoms with Crippen molar-refractivity contribution in [1.82, 2.24) is 10.6 Å². The van der Waals surface area contributed by atoms with Gasteiger partial charge in [-0.2, -0.15) is 11.8 Å². The van der Waals surface area contributed by atoms with Crippen LogP contribution in [0.2, 0.25) is 0 Å². The molecule has 4 atom stereocenters. The molecule has 0 radical (unpaired) electrons.